The van der Waals surface area contributed by atoms with Gasteiger partial charge in [-0.25, -0.2) is 0 Å². The maximum atomic E-state index is 11.8. The van der Waals surface area contributed by atoms with Crippen molar-refractivity contribution in [2.45, 2.75) is 57.5 Å². The molecule has 0 heterocycles. The largest absolute Gasteiger partial charge is 0.297 e. The standard InChI is InChI=1S/C14H22O3S/c1-4-5-6-7-13-8-10-14(11-9-13)18(15,16)17-12(2)3/h8-12H,4-7H2,1-3H3. The summed E-state index contributed by atoms with van der Waals surface area (Å²) in [7, 11) is -3.60. The third-order valence-corrected chi connectivity index (χ3v) is 4.09. The van der Waals surface area contributed by atoms with Gasteiger partial charge in [0.1, 0.15) is 0 Å². The highest BCUT2D eigenvalue weighted by molar-refractivity contribution is 7.86. The average molecular weight is 270 g/mol. The topological polar surface area (TPSA) is 43.4 Å². The Labute approximate surface area is 110 Å². The van der Waals surface area contributed by atoms with Crippen LogP contribution in [0.2, 0.25) is 0 Å². The zero-order chi connectivity index (χ0) is 13.6. The zero-order valence-electron chi connectivity index (χ0n) is 11.3. The summed E-state index contributed by atoms with van der Waals surface area (Å²) in [6.45, 7) is 5.58. The van der Waals surface area contributed by atoms with E-state index in [1.165, 1.54) is 18.4 Å². The van der Waals surface area contributed by atoms with Crippen LogP contribution in [0.1, 0.15) is 45.6 Å². The number of aryl methyl sites for hydroxylation is 1. The highest BCUT2D eigenvalue weighted by atomic mass is 32.2. The second-order valence-electron chi connectivity index (χ2n) is 4.70. The van der Waals surface area contributed by atoms with Crippen molar-refractivity contribution in [2.24, 2.45) is 0 Å². The molecule has 0 aliphatic carbocycles. The number of hydrogen-bond donors (Lipinski definition) is 0. The van der Waals surface area contributed by atoms with Gasteiger partial charge in [0.2, 0.25) is 0 Å². The zero-order valence-corrected chi connectivity index (χ0v) is 12.2. The van der Waals surface area contributed by atoms with Gasteiger partial charge in [0.05, 0.1) is 11.0 Å². The van der Waals surface area contributed by atoms with Gasteiger partial charge in [-0.05, 0) is 44.4 Å². The molecule has 1 aromatic rings. The minimum atomic E-state index is -3.60. The Hall–Kier alpha value is -0.870. The molecule has 0 aliphatic rings. The van der Waals surface area contributed by atoms with Crippen molar-refractivity contribution in [2.75, 3.05) is 0 Å². The molecule has 102 valence electrons. The summed E-state index contributed by atoms with van der Waals surface area (Å²) in [4.78, 5) is 0.232. The molecular weight excluding hydrogens is 248 g/mol. The van der Waals surface area contributed by atoms with E-state index in [0.717, 1.165) is 12.8 Å². The highest BCUT2D eigenvalue weighted by Crippen LogP contribution is 2.16. The van der Waals surface area contributed by atoms with Crippen LogP contribution in [0.15, 0.2) is 29.2 Å². The molecule has 0 fully saturated rings. The van der Waals surface area contributed by atoms with Crippen LogP contribution in [0, 0.1) is 0 Å². The first-order valence-electron chi connectivity index (χ1n) is 6.48. The van der Waals surface area contributed by atoms with Crippen molar-refractivity contribution in [3.63, 3.8) is 0 Å². The van der Waals surface area contributed by atoms with Crippen LogP contribution in [0.25, 0.3) is 0 Å². The Morgan fingerprint density at radius 3 is 2.22 bits per heavy atom. The summed E-state index contributed by atoms with van der Waals surface area (Å²) in [6.07, 6.45) is 4.20. The maximum Gasteiger partial charge on any atom is 0.297 e. The van der Waals surface area contributed by atoms with Gasteiger partial charge in [0.15, 0.2) is 0 Å². The second-order valence-corrected chi connectivity index (χ2v) is 6.27. The summed E-state index contributed by atoms with van der Waals surface area (Å²) in [5.74, 6) is 0. The molecule has 1 rings (SSSR count). The molecule has 0 bridgehead atoms. The summed E-state index contributed by atoms with van der Waals surface area (Å²) >= 11 is 0. The average Bonchev–Trinajstić information content (AvgIpc) is 2.28. The van der Waals surface area contributed by atoms with Crippen molar-refractivity contribution in [1.29, 1.82) is 0 Å². The van der Waals surface area contributed by atoms with Crippen molar-refractivity contribution >= 4 is 10.1 Å². The molecule has 4 heteroatoms. The second kappa shape index (κ2) is 6.90. The molecule has 0 spiro atoms. The van der Waals surface area contributed by atoms with E-state index in [2.05, 4.69) is 6.92 Å². The lowest BCUT2D eigenvalue weighted by Gasteiger charge is -2.09. The molecule has 0 saturated carbocycles. The van der Waals surface area contributed by atoms with Gasteiger partial charge in [0.25, 0.3) is 10.1 Å². The number of unbranched alkanes of at least 4 members (excludes halogenated alkanes) is 2. The van der Waals surface area contributed by atoms with E-state index >= 15 is 0 Å². The first-order valence-corrected chi connectivity index (χ1v) is 7.88. The van der Waals surface area contributed by atoms with Crippen LogP contribution in [0.5, 0.6) is 0 Å². The Morgan fingerprint density at radius 1 is 1.11 bits per heavy atom. The van der Waals surface area contributed by atoms with E-state index in [1.807, 2.05) is 12.1 Å². The SMILES string of the molecule is CCCCCc1ccc(S(=O)(=O)OC(C)C)cc1. The molecule has 3 nitrogen and oxygen atoms in total. The lowest BCUT2D eigenvalue weighted by atomic mass is 10.1. The summed E-state index contributed by atoms with van der Waals surface area (Å²) in [5, 5.41) is 0. The predicted octanol–water partition coefficient (Wildman–Crippen LogP) is 3.53. The molecule has 18 heavy (non-hydrogen) atoms. The summed E-state index contributed by atoms with van der Waals surface area (Å²) in [6, 6.07) is 6.98. The van der Waals surface area contributed by atoms with Gasteiger partial charge in [-0.1, -0.05) is 31.9 Å². The summed E-state index contributed by atoms with van der Waals surface area (Å²) in [5.41, 5.74) is 1.17. The molecule has 0 aliphatic heterocycles. The lowest BCUT2D eigenvalue weighted by Crippen LogP contribution is -2.12. The lowest BCUT2D eigenvalue weighted by molar-refractivity contribution is 0.249. The third-order valence-electron chi connectivity index (χ3n) is 2.60. The van der Waals surface area contributed by atoms with Crippen LogP contribution in [-0.2, 0) is 20.7 Å². The molecule has 0 unspecified atom stereocenters. The van der Waals surface area contributed by atoms with E-state index < -0.39 is 10.1 Å². The molecule has 0 amide bonds. The minimum Gasteiger partial charge on any atom is -0.264 e. The Balaban J connectivity index is 2.70. The molecule has 0 N–H and O–H groups in total. The van der Waals surface area contributed by atoms with Crippen molar-refractivity contribution in [3.8, 4) is 0 Å². The van der Waals surface area contributed by atoms with E-state index in [4.69, 9.17) is 4.18 Å². The van der Waals surface area contributed by atoms with Crippen molar-refractivity contribution < 1.29 is 12.6 Å². The maximum absolute atomic E-state index is 11.8. The van der Waals surface area contributed by atoms with E-state index in [-0.39, 0.29) is 11.0 Å². The summed E-state index contributed by atoms with van der Waals surface area (Å²) < 4.78 is 28.5. The quantitative estimate of drug-likeness (QED) is 0.562. The third kappa shape index (κ3) is 4.78. The van der Waals surface area contributed by atoms with Crippen LogP contribution in [-0.4, -0.2) is 14.5 Å². The van der Waals surface area contributed by atoms with Crippen LogP contribution in [0.3, 0.4) is 0 Å². The Kier molecular flexibility index (Phi) is 5.82. The first kappa shape index (κ1) is 15.2. The number of benzene rings is 1. The smallest absolute Gasteiger partial charge is 0.264 e. The predicted molar refractivity (Wildman–Crippen MR) is 73.1 cm³/mol. The molecular formula is C14H22O3S. The van der Waals surface area contributed by atoms with Crippen molar-refractivity contribution in [3.05, 3.63) is 29.8 Å². The Morgan fingerprint density at radius 2 is 1.72 bits per heavy atom. The normalized spacial score (nSPS) is 12.0. The molecule has 0 aromatic heterocycles. The number of hydrogen-bond acceptors (Lipinski definition) is 3. The molecule has 0 atom stereocenters. The fraction of sp³-hybridized carbons (Fsp3) is 0.571. The van der Waals surface area contributed by atoms with E-state index in [9.17, 15) is 8.42 Å². The van der Waals surface area contributed by atoms with Crippen LogP contribution in [0.4, 0.5) is 0 Å². The van der Waals surface area contributed by atoms with Gasteiger partial charge in [-0.2, -0.15) is 8.42 Å². The molecule has 0 saturated heterocycles. The van der Waals surface area contributed by atoms with Crippen LogP contribution < -0.4 is 0 Å². The Bertz CT molecular complexity index is 446. The first-order chi connectivity index (χ1) is 8.45. The van der Waals surface area contributed by atoms with Crippen molar-refractivity contribution in [1.82, 2.24) is 0 Å². The van der Waals surface area contributed by atoms with Gasteiger partial charge < -0.3 is 0 Å². The van der Waals surface area contributed by atoms with Gasteiger partial charge in [-0.15, -0.1) is 0 Å². The van der Waals surface area contributed by atoms with Crippen LogP contribution >= 0.6 is 0 Å². The van der Waals surface area contributed by atoms with Gasteiger partial charge in [-0.3, -0.25) is 4.18 Å². The fourth-order valence-electron chi connectivity index (χ4n) is 1.71. The van der Waals surface area contributed by atoms with E-state index in [1.54, 1.807) is 26.0 Å². The van der Waals surface area contributed by atoms with Gasteiger partial charge in [0, 0.05) is 0 Å². The molecule has 0 radical (unpaired) electrons. The van der Waals surface area contributed by atoms with Gasteiger partial charge >= 0.3 is 0 Å². The minimum absolute atomic E-state index is 0.232. The highest BCUT2D eigenvalue weighted by Gasteiger charge is 2.16. The monoisotopic (exact) mass is 270 g/mol. The molecule has 1 aromatic carbocycles. The fourth-order valence-corrected chi connectivity index (χ4v) is 2.80. The van der Waals surface area contributed by atoms with E-state index in [0.29, 0.717) is 0 Å². The number of rotatable bonds is 7.